The maximum absolute atomic E-state index is 12.9. The summed E-state index contributed by atoms with van der Waals surface area (Å²) >= 11 is 0. The van der Waals surface area contributed by atoms with E-state index in [1.807, 2.05) is 20.8 Å². The number of anilines is 1. The summed E-state index contributed by atoms with van der Waals surface area (Å²) in [5, 5.41) is 2.91. The number of nitrogens with one attached hydrogen (secondary N) is 1. The number of piperazine rings is 1. The highest BCUT2D eigenvalue weighted by Gasteiger charge is 2.37. The molecule has 1 aromatic rings. The number of benzene rings is 1. The van der Waals surface area contributed by atoms with Crippen LogP contribution in [-0.2, 0) is 4.79 Å². The second kappa shape index (κ2) is 7.21. The molecular formula is C18H27N3O4. The van der Waals surface area contributed by atoms with E-state index in [0.717, 1.165) is 0 Å². The molecule has 1 aromatic carbocycles. The van der Waals surface area contributed by atoms with Gasteiger partial charge in [0.2, 0.25) is 5.91 Å². The van der Waals surface area contributed by atoms with Crippen molar-refractivity contribution < 1.29 is 19.1 Å². The first-order chi connectivity index (χ1) is 11.7. The molecule has 1 fully saturated rings. The van der Waals surface area contributed by atoms with Crippen LogP contribution in [0.2, 0.25) is 0 Å². The Bertz CT molecular complexity index is 654. The molecule has 7 nitrogen and oxygen atoms in total. The molecule has 1 saturated heterocycles. The number of amides is 3. The van der Waals surface area contributed by atoms with Crippen LogP contribution in [0, 0.1) is 0 Å². The molecule has 25 heavy (non-hydrogen) atoms. The molecule has 1 N–H and O–H groups in total. The van der Waals surface area contributed by atoms with Crippen LogP contribution < -0.4 is 19.7 Å². The van der Waals surface area contributed by atoms with Crippen molar-refractivity contribution in [2.45, 2.75) is 39.3 Å². The first-order valence-electron chi connectivity index (χ1n) is 8.30. The molecule has 1 unspecified atom stereocenters. The third-order valence-corrected chi connectivity index (χ3v) is 4.08. The Morgan fingerprint density at radius 3 is 2.44 bits per heavy atom. The van der Waals surface area contributed by atoms with Crippen LogP contribution in [0.15, 0.2) is 18.2 Å². The minimum Gasteiger partial charge on any atom is -0.497 e. The van der Waals surface area contributed by atoms with Gasteiger partial charge in [-0.15, -0.1) is 0 Å². The summed E-state index contributed by atoms with van der Waals surface area (Å²) in [5.41, 5.74) is 0.294. The molecule has 3 amide bonds. The number of ether oxygens (including phenoxy) is 2. The van der Waals surface area contributed by atoms with Crippen LogP contribution in [0.5, 0.6) is 11.5 Å². The Morgan fingerprint density at radius 2 is 1.88 bits per heavy atom. The van der Waals surface area contributed by atoms with Crippen LogP contribution in [0.3, 0.4) is 0 Å². The maximum atomic E-state index is 12.9. The quantitative estimate of drug-likeness (QED) is 0.908. The zero-order chi connectivity index (χ0) is 18.8. The summed E-state index contributed by atoms with van der Waals surface area (Å²) in [6.45, 7) is 8.31. The van der Waals surface area contributed by atoms with Gasteiger partial charge in [0.1, 0.15) is 17.5 Å². The highest BCUT2D eigenvalue weighted by Crippen LogP contribution is 2.34. The topological polar surface area (TPSA) is 71.1 Å². The Labute approximate surface area is 148 Å². The fourth-order valence-electron chi connectivity index (χ4n) is 2.79. The highest BCUT2D eigenvalue weighted by molar-refractivity contribution is 6.01. The molecule has 1 aliphatic heterocycles. The first-order valence-corrected chi connectivity index (χ1v) is 8.30. The lowest BCUT2D eigenvalue weighted by atomic mass is 10.1. The lowest BCUT2D eigenvalue weighted by Gasteiger charge is -2.40. The van der Waals surface area contributed by atoms with Gasteiger partial charge in [-0.3, -0.25) is 4.79 Å². The summed E-state index contributed by atoms with van der Waals surface area (Å²) in [5.74, 6) is 1.08. The smallest absolute Gasteiger partial charge is 0.318 e. The van der Waals surface area contributed by atoms with Crippen molar-refractivity contribution in [3.8, 4) is 11.5 Å². The van der Waals surface area contributed by atoms with Gasteiger partial charge < -0.3 is 24.6 Å². The SMILES string of the molecule is COc1ccc(OC)c(N2CCN(C(=O)NC(C)(C)C)C(C)C2=O)c1. The Balaban J connectivity index is 2.23. The van der Waals surface area contributed by atoms with Gasteiger partial charge in [0.25, 0.3) is 0 Å². The van der Waals surface area contributed by atoms with Crippen molar-refractivity contribution in [1.82, 2.24) is 10.2 Å². The van der Waals surface area contributed by atoms with Crippen LogP contribution in [-0.4, -0.2) is 55.7 Å². The number of rotatable bonds is 3. The minimum absolute atomic E-state index is 0.151. The molecule has 1 atom stereocenters. The van der Waals surface area contributed by atoms with E-state index in [0.29, 0.717) is 30.3 Å². The van der Waals surface area contributed by atoms with E-state index in [2.05, 4.69) is 5.32 Å². The van der Waals surface area contributed by atoms with E-state index in [4.69, 9.17) is 9.47 Å². The normalized spacial score (nSPS) is 18.2. The van der Waals surface area contributed by atoms with Gasteiger partial charge in [-0.1, -0.05) is 0 Å². The fourth-order valence-corrected chi connectivity index (χ4v) is 2.79. The van der Waals surface area contributed by atoms with E-state index in [9.17, 15) is 9.59 Å². The van der Waals surface area contributed by atoms with Gasteiger partial charge in [0, 0.05) is 24.7 Å². The van der Waals surface area contributed by atoms with Crippen molar-refractivity contribution in [2.24, 2.45) is 0 Å². The molecule has 7 heteroatoms. The molecular weight excluding hydrogens is 322 g/mol. The average molecular weight is 349 g/mol. The monoisotopic (exact) mass is 349 g/mol. The average Bonchev–Trinajstić information content (AvgIpc) is 2.55. The van der Waals surface area contributed by atoms with E-state index in [-0.39, 0.29) is 17.5 Å². The second-order valence-corrected chi connectivity index (χ2v) is 7.08. The summed E-state index contributed by atoms with van der Waals surface area (Å²) in [4.78, 5) is 28.5. The summed E-state index contributed by atoms with van der Waals surface area (Å²) in [7, 11) is 3.14. The number of hydrogen-bond acceptors (Lipinski definition) is 4. The molecule has 1 heterocycles. The number of nitrogens with zero attached hydrogens (tertiary/aromatic N) is 2. The molecule has 0 bridgehead atoms. The fraction of sp³-hybridized carbons (Fsp3) is 0.556. The Hall–Kier alpha value is -2.44. The number of carbonyl (C=O) groups is 2. The lowest BCUT2D eigenvalue weighted by Crippen LogP contribution is -2.61. The van der Waals surface area contributed by atoms with Gasteiger partial charge in [-0.2, -0.15) is 0 Å². The van der Waals surface area contributed by atoms with Crippen molar-refractivity contribution in [1.29, 1.82) is 0 Å². The third kappa shape index (κ3) is 4.15. The van der Waals surface area contributed by atoms with Gasteiger partial charge in [-0.25, -0.2) is 4.79 Å². The number of hydrogen-bond donors (Lipinski definition) is 1. The van der Waals surface area contributed by atoms with E-state index < -0.39 is 6.04 Å². The molecule has 0 aromatic heterocycles. The molecule has 0 spiro atoms. The predicted molar refractivity (Wildman–Crippen MR) is 96.4 cm³/mol. The van der Waals surface area contributed by atoms with Gasteiger partial charge in [0.05, 0.1) is 19.9 Å². The molecule has 0 saturated carbocycles. The van der Waals surface area contributed by atoms with Crippen molar-refractivity contribution in [3.05, 3.63) is 18.2 Å². The summed E-state index contributed by atoms with van der Waals surface area (Å²) in [6.07, 6.45) is 0. The van der Waals surface area contributed by atoms with E-state index >= 15 is 0 Å². The molecule has 1 aliphatic rings. The summed E-state index contributed by atoms with van der Waals surface area (Å²) < 4.78 is 10.6. The van der Waals surface area contributed by atoms with Crippen LogP contribution >= 0.6 is 0 Å². The Kier molecular flexibility index (Phi) is 5.45. The molecule has 0 aliphatic carbocycles. The van der Waals surface area contributed by atoms with E-state index in [1.165, 1.54) is 0 Å². The van der Waals surface area contributed by atoms with E-state index in [1.54, 1.807) is 49.1 Å². The maximum Gasteiger partial charge on any atom is 0.318 e. The van der Waals surface area contributed by atoms with Crippen molar-refractivity contribution >= 4 is 17.6 Å². The van der Waals surface area contributed by atoms with Gasteiger partial charge >= 0.3 is 6.03 Å². The standard InChI is InChI=1S/C18H27N3O4/c1-12-16(22)21(10-9-20(12)17(23)19-18(2,3)4)14-11-13(24-5)7-8-15(14)25-6/h7-8,11-12H,9-10H2,1-6H3,(H,19,23). The largest absolute Gasteiger partial charge is 0.497 e. The van der Waals surface area contributed by atoms with Crippen molar-refractivity contribution in [3.63, 3.8) is 0 Å². The summed E-state index contributed by atoms with van der Waals surface area (Å²) in [6, 6.07) is 4.53. The molecule has 0 radical (unpaired) electrons. The molecule has 138 valence electrons. The number of carbonyl (C=O) groups excluding carboxylic acids is 2. The number of methoxy groups -OCH3 is 2. The zero-order valence-corrected chi connectivity index (χ0v) is 15.8. The second-order valence-electron chi connectivity index (χ2n) is 7.08. The zero-order valence-electron chi connectivity index (χ0n) is 15.8. The van der Waals surface area contributed by atoms with Crippen LogP contribution in [0.25, 0.3) is 0 Å². The number of urea groups is 1. The predicted octanol–water partition coefficient (Wildman–Crippen LogP) is 2.25. The van der Waals surface area contributed by atoms with Gasteiger partial charge in [0.15, 0.2) is 0 Å². The van der Waals surface area contributed by atoms with Crippen LogP contribution in [0.4, 0.5) is 10.5 Å². The first kappa shape index (κ1) is 18.9. The lowest BCUT2D eigenvalue weighted by molar-refractivity contribution is -0.124. The van der Waals surface area contributed by atoms with Gasteiger partial charge in [-0.05, 0) is 39.8 Å². The minimum atomic E-state index is -0.563. The van der Waals surface area contributed by atoms with Crippen LogP contribution in [0.1, 0.15) is 27.7 Å². The highest BCUT2D eigenvalue weighted by atomic mass is 16.5. The molecule has 2 rings (SSSR count). The Morgan fingerprint density at radius 1 is 1.20 bits per heavy atom. The third-order valence-electron chi connectivity index (χ3n) is 4.08. The van der Waals surface area contributed by atoms with Crippen molar-refractivity contribution in [2.75, 3.05) is 32.2 Å².